The van der Waals surface area contributed by atoms with E-state index in [1.165, 1.54) is 0 Å². The van der Waals surface area contributed by atoms with E-state index in [-0.39, 0.29) is 12.7 Å². The van der Waals surface area contributed by atoms with Crippen molar-refractivity contribution < 1.29 is 14.9 Å². The smallest absolute Gasteiger partial charge is 0.0779 e. The summed E-state index contributed by atoms with van der Waals surface area (Å²) in [7, 11) is 0. The zero-order valence-corrected chi connectivity index (χ0v) is 5.87. The normalized spacial score (nSPS) is 17.3. The number of hydrogen-bond donors (Lipinski definition) is 2. The lowest BCUT2D eigenvalue weighted by Crippen LogP contribution is -2.19. The average Bonchev–Trinajstić information content (AvgIpc) is 1.83. The fourth-order valence-electron chi connectivity index (χ4n) is 0.356. The van der Waals surface area contributed by atoms with Gasteiger partial charge in [0.2, 0.25) is 0 Å². The third-order valence-corrected chi connectivity index (χ3v) is 0.879. The van der Waals surface area contributed by atoms with Gasteiger partial charge >= 0.3 is 0 Å². The highest BCUT2D eigenvalue weighted by molar-refractivity contribution is 4.47. The van der Waals surface area contributed by atoms with Crippen LogP contribution < -0.4 is 0 Å². The molecular weight excluding hydrogens is 120 g/mol. The summed E-state index contributed by atoms with van der Waals surface area (Å²) in [5.41, 5.74) is 0. The second kappa shape index (κ2) is 4.73. The minimum atomic E-state index is -0.445. The van der Waals surface area contributed by atoms with Gasteiger partial charge in [0.25, 0.3) is 0 Å². The van der Waals surface area contributed by atoms with Crippen molar-refractivity contribution in [2.75, 3.05) is 13.2 Å². The van der Waals surface area contributed by atoms with E-state index in [1.807, 2.05) is 0 Å². The Morgan fingerprint density at radius 1 is 1.44 bits per heavy atom. The molecule has 0 aliphatic rings. The van der Waals surface area contributed by atoms with Crippen molar-refractivity contribution in [1.82, 2.24) is 0 Å². The van der Waals surface area contributed by atoms with Gasteiger partial charge in [-0.05, 0) is 13.8 Å². The Bertz CT molecular complexity index is 63.3. The Kier molecular flexibility index (Phi) is 4.67. The fourth-order valence-corrected chi connectivity index (χ4v) is 0.356. The van der Waals surface area contributed by atoms with E-state index in [1.54, 1.807) is 13.8 Å². The summed E-state index contributed by atoms with van der Waals surface area (Å²) in [6, 6.07) is 0. The first kappa shape index (κ1) is 8.88. The third-order valence-electron chi connectivity index (χ3n) is 0.879. The summed E-state index contributed by atoms with van der Waals surface area (Å²) >= 11 is 0. The topological polar surface area (TPSA) is 49.7 Å². The van der Waals surface area contributed by atoms with Crippen molar-refractivity contribution in [3.63, 3.8) is 0 Å². The van der Waals surface area contributed by atoms with Gasteiger partial charge < -0.3 is 14.9 Å². The van der Waals surface area contributed by atoms with E-state index >= 15 is 0 Å². The number of rotatable bonds is 4. The minimum absolute atomic E-state index is 0.00667. The van der Waals surface area contributed by atoms with Crippen LogP contribution in [0.15, 0.2) is 0 Å². The molecule has 56 valence electrons. The van der Waals surface area contributed by atoms with Crippen LogP contribution in [0.1, 0.15) is 13.8 Å². The van der Waals surface area contributed by atoms with Gasteiger partial charge in [-0.1, -0.05) is 0 Å². The van der Waals surface area contributed by atoms with Gasteiger partial charge in [-0.3, -0.25) is 0 Å². The van der Waals surface area contributed by atoms with Crippen LogP contribution in [-0.2, 0) is 4.74 Å². The molecule has 3 nitrogen and oxygen atoms in total. The standard InChI is InChI=1S/C6H14O3/c1-5(8)4-9-6(2)3-7/h5-8H,3-4H2,1-2H3/t5-,6-/m0/s1. The molecule has 0 unspecified atom stereocenters. The SMILES string of the molecule is C[C@H](O)CO[C@@H](C)CO. The Balaban J connectivity index is 3.06. The molecule has 0 heterocycles. The van der Waals surface area contributed by atoms with E-state index in [9.17, 15) is 0 Å². The highest BCUT2D eigenvalue weighted by atomic mass is 16.5. The van der Waals surface area contributed by atoms with Gasteiger partial charge in [-0.2, -0.15) is 0 Å². The molecule has 0 saturated carbocycles. The number of hydrogen-bond acceptors (Lipinski definition) is 3. The molecule has 0 saturated heterocycles. The van der Waals surface area contributed by atoms with Crippen molar-refractivity contribution in [2.45, 2.75) is 26.1 Å². The van der Waals surface area contributed by atoms with Crippen LogP contribution in [0.4, 0.5) is 0 Å². The molecule has 9 heavy (non-hydrogen) atoms. The Hall–Kier alpha value is -0.120. The van der Waals surface area contributed by atoms with Crippen molar-refractivity contribution in [3.05, 3.63) is 0 Å². The van der Waals surface area contributed by atoms with E-state index < -0.39 is 6.10 Å². The number of aliphatic hydroxyl groups excluding tert-OH is 2. The van der Waals surface area contributed by atoms with Gasteiger partial charge in [0.15, 0.2) is 0 Å². The molecular formula is C6H14O3. The summed E-state index contributed by atoms with van der Waals surface area (Å²) in [5, 5.41) is 17.1. The molecule has 0 aromatic heterocycles. The summed E-state index contributed by atoms with van der Waals surface area (Å²) < 4.78 is 4.95. The van der Waals surface area contributed by atoms with Crippen molar-refractivity contribution >= 4 is 0 Å². The first-order chi connectivity index (χ1) is 4.16. The molecule has 0 aromatic rings. The van der Waals surface area contributed by atoms with Crippen molar-refractivity contribution in [2.24, 2.45) is 0 Å². The van der Waals surface area contributed by atoms with Gasteiger partial charge in [-0.25, -0.2) is 0 Å². The highest BCUT2D eigenvalue weighted by Gasteiger charge is 2.00. The van der Waals surface area contributed by atoms with Crippen LogP contribution in [0.3, 0.4) is 0 Å². The molecule has 0 rings (SSSR count). The maximum atomic E-state index is 8.69. The monoisotopic (exact) mass is 134 g/mol. The number of aliphatic hydroxyl groups is 2. The van der Waals surface area contributed by atoms with Gasteiger partial charge in [0, 0.05) is 0 Å². The van der Waals surface area contributed by atoms with Crippen molar-refractivity contribution in [3.8, 4) is 0 Å². The predicted octanol–water partition coefficient (Wildman–Crippen LogP) is -0.235. The van der Waals surface area contributed by atoms with Crippen LogP contribution in [0.25, 0.3) is 0 Å². The van der Waals surface area contributed by atoms with Crippen LogP contribution >= 0.6 is 0 Å². The molecule has 0 aliphatic carbocycles. The maximum Gasteiger partial charge on any atom is 0.0779 e. The van der Waals surface area contributed by atoms with Crippen LogP contribution in [0.2, 0.25) is 0 Å². The Morgan fingerprint density at radius 2 is 2.00 bits per heavy atom. The number of ether oxygens (including phenoxy) is 1. The molecule has 0 spiro atoms. The Morgan fingerprint density at radius 3 is 2.33 bits per heavy atom. The quantitative estimate of drug-likeness (QED) is 0.558. The molecule has 0 radical (unpaired) electrons. The zero-order chi connectivity index (χ0) is 7.28. The zero-order valence-electron chi connectivity index (χ0n) is 5.87. The molecule has 0 amide bonds. The van der Waals surface area contributed by atoms with E-state index in [2.05, 4.69) is 0 Å². The molecule has 0 bridgehead atoms. The maximum absolute atomic E-state index is 8.69. The lowest BCUT2D eigenvalue weighted by molar-refractivity contribution is -0.0177. The van der Waals surface area contributed by atoms with E-state index in [0.717, 1.165) is 0 Å². The summed E-state index contributed by atoms with van der Waals surface area (Å²) in [5.74, 6) is 0. The van der Waals surface area contributed by atoms with E-state index in [0.29, 0.717) is 6.61 Å². The lowest BCUT2D eigenvalue weighted by Gasteiger charge is -2.10. The molecule has 0 aliphatic heterocycles. The molecule has 2 N–H and O–H groups in total. The Labute approximate surface area is 55.3 Å². The summed E-state index contributed by atoms with van der Waals surface area (Å²) in [4.78, 5) is 0. The average molecular weight is 134 g/mol. The second-order valence-electron chi connectivity index (χ2n) is 2.18. The fraction of sp³-hybridized carbons (Fsp3) is 1.00. The second-order valence-corrected chi connectivity index (χ2v) is 2.18. The molecule has 0 fully saturated rings. The largest absolute Gasteiger partial charge is 0.394 e. The minimum Gasteiger partial charge on any atom is -0.394 e. The third kappa shape index (κ3) is 5.76. The van der Waals surface area contributed by atoms with Crippen LogP contribution in [-0.4, -0.2) is 35.6 Å². The molecule has 2 atom stereocenters. The van der Waals surface area contributed by atoms with E-state index in [4.69, 9.17) is 14.9 Å². The van der Waals surface area contributed by atoms with Crippen LogP contribution in [0.5, 0.6) is 0 Å². The van der Waals surface area contributed by atoms with Crippen LogP contribution in [0, 0.1) is 0 Å². The highest BCUT2D eigenvalue weighted by Crippen LogP contribution is 1.90. The molecule has 3 heteroatoms. The van der Waals surface area contributed by atoms with Gasteiger partial charge in [0.05, 0.1) is 25.4 Å². The predicted molar refractivity (Wildman–Crippen MR) is 34.2 cm³/mol. The first-order valence-electron chi connectivity index (χ1n) is 3.07. The van der Waals surface area contributed by atoms with Gasteiger partial charge in [0.1, 0.15) is 0 Å². The lowest BCUT2D eigenvalue weighted by atomic mass is 10.4. The first-order valence-corrected chi connectivity index (χ1v) is 3.07. The van der Waals surface area contributed by atoms with Crippen molar-refractivity contribution in [1.29, 1.82) is 0 Å². The summed E-state index contributed by atoms with van der Waals surface area (Å²) in [6.45, 7) is 3.70. The molecule has 0 aromatic carbocycles. The summed E-state index contributed by atoms with van der Waals surface area (Å²) in [6.07, 6.45) is -0.612. The van der Waals surface area contributed by atoms with Gasteiger partial charge in [-0.15, -0.1) is 0 Å².